The molecule has 0 N–H and O–H groups in total. The Labute approximate surface area is 165 Å². The van der Waals surface area contributed by atoms with Gasteiger partial charge in [0.2, 0.25) is 11.2 Å². The lowest BCUT2D eigenvalue weighted by molar-refractivity contribution is 0.208. The van der Waals surface area contributed by atoms with Crippen LogP contribution in [0.5, 0.6) is 5.75 Å². The fourth-order valence-corrected chi connectivity index (χ4v) is 4.77. The molecular weight excluding hydrogens is 380 g/mol. The molecule has 148 valence electrons. The third-order valence-electron chi connectivity index (χ3n) is 4.95. The van der Waals surface area contributed by atoms with Gasteiger partial charge in [0.25, 0.3) is 0 Å². The van der Waals surface area contributed by atoms with Crippen LogP contribution in [0, 0.1) is 13.8 Å². The van der Waals surface area contributed by atoms with Crippen molar-refractivity contribution in [2.45, 2.75) is 13.8 Å². The zero-order valence-corrected chi connectivity index (χ0v) is 17.3. The smallest absolute Gasteiger partial charge is 0.225 e. The van der Waals surface area contributed by atoms with Gasteiger partial charge in [0.05, 0.1) is 54.6 Å². The third kappa shape index (κ3) is 2.73. The van der Waals surface area contributed by atoms with Crippen LogP contribution in [0.25, 0.3) is 22.0 Å². The highest BCUT2D eigenvalue weighted by Crippen LogP contribution is 2.45. The minimum Gasteiger partial charge on any atom is -0.496 e. The number of nitrogens with zero attached hydrogens (tertiary/aromatic N) is 4. The van der Waals surface area contributed by atoms with Gasteiger partial charge < -0.3 is 14.0 Å². The molecule has 1 aliphatic rings. The highest BCUT2D eigenvalue weighted by molar-refractivity contribution is 7.88. The van der Waals surface area contributed by atoms with Crippen LogP contribution in [-0.2, 0) is 15.9 Å². The number of hydrogen-bond acceptors (Lipinski definition) is 6. The highest BCUT2D eigenvalue weighted by atomic mass is 32.2. The van der Waals surface area contributed by atoms with Gasteiger partial charge in [0, 0.05) is 25.1 Å². The molecule has 1 unspecified atom stereocenters. The summed E-state index contributed by atoms with van der Waals surface area (Å²) in [5.74, 6) is 1.41. The van der Waals surface area contributed by atoms with Crippen LogP contribution in [0.4, 0.5) is 11.4 Å². The number of aryl methyl sites for hydroxylation is 2. The predicted molar refractivity (Wildman–Crippen MR) is 109 cm³/mol. The molecule has 9 heteroatoms. The molecule has 0 saturated heterocycles. The summed E-state index contributed by atoms with van der Waals surface area (Å²) in [5.41, 5.74) is 5.02. The standard InChI is InChI=1S/C19H22N4O4S/c1-11-18(12(2)27-21-11)14-8-15-13(9-17(14)26-5)19-16(10-20-15)22(3)28(24)23(19)6-7-25-4/h8-10H,6-7H2,1-5H3. The SMILES string of the molecule is COCCN1c2c(cnc3cc(-c4c(C)noc4C)c(OC)cc23)N(C)S1=O. The molecule has 1 aromatic carbocycles. The summed E-state index contributed by atoms with van der Waals surface area (Å²) in [5, 5.41) is 4.93. The Hall–Kier alpha value is -2.65. The van der Waals surface area contributed by atoms with Gasteiger partial charge >= 0.3 is 0 Å². The first-order chi connectivity index (χ1) is 13.5. The van der Waals surface area contributed by atoms with Gasteiger partial charge in [-0.3, -0.25) is 13.6 Å². The normalized spacial score (nSPS) is 16.1. The molecule has 3 aromatic rings. The Balaban J connectivity index is 1.96. The van der Waals surface area contributed by atoms with Crippen LogP contribution in [-0.4, -0.2) is 48.8 Å². The first kappa shape index (κ1) is 18.7. The van der Waals surface area contributed by atoms with E-state index in [9.17, 15) is 4.21 Å². The van der Waals surface area contributed by atoms with Crippen molar-refractivity contribution in [2.75, 3.05) is 43.0 Å². The number of anilines is 2. The molecule has 4 rings (SSSR count). The van der Waals surface area contributed by atoms with E-state index >= 15 is 0 Å². The lowest BCUT2D eigenvalue weighted by Crippen LogP contribution is -2.31. The second-order valence-corrected chi connectivity index (χ2v) is 8.03. The van der Waals surface area contributed by atoms with E-state index < -0.39 is 11.2 Å². The van der Waals surface area contributed by atoms with Crippen molar-refractivity contribution < 1.29 is 18.2 Å². The molecule has 0 radical (unpaired) electrons. The minimum atomic E-state index is -1.33. The van der Waals surface area contributed by atoms with E-state index in [-0.39, 0.29) is 0 Å². The Kier molecular flexibility index (Phi) is 4.72. The molecule has 8 nitrogen and oxygen atoms in total. The maximum Gasteiger partial charge on any atom is 0.225 e. The monoisotopic (exact) mass is 402 g/mol. The summed E-state index contributed by atoms with van der Waals surface area (Å²) in [6.45, 7) is 4.75. The van der Waals surface area contributed by atoms with Gasteiger partial charge in [-0.25, -0.2) is 4.21 Å². The number of aromatic nitrogens is 2. The average molecular weight is 402 g/mol. The van der Waals surface area contributed by atoms with Gasteiger partial charge in [-0.05, 0) is 26.0 Å². The molecule has 0 bridgehead atoms. The first-order valence-electron chi connectivity index (χ1n) is 8.84. The lowest BCUT2D eigenvalue weighted by atomic mass is 10.00. The number of fused-ring (bicyclic) bond motifs is 3. The van der Waals surface area contributed by atoms with E-state index in [1.165, 1.54) is 0 Å². The predicted octanol–water partition coefficient (Wildman–Crippen LogP) is 3.00. The Morgan fingerprint density at radius 1 is 1.25 bits per heavy atom. The fraction of sp³-hybridized carbons (Fsp3) is 0.368. The van der Waals surface area contributed by atoms with Gasteiger partial charge in [0.15, 0.2) is 0 Å². The van der Waals surface area contributed by atoms with Crippen LogP contribution in [0.1, 0.15) is 11.5 Å². The zero-order valence-electron chi connectivity index (χ0n) is 16.5. The maximum atomic E-state index is 12.8. The summed E-state index contributed by atoms with van der Waals surface area (Å²) in [7, 11) is 5.06. The molecule has 0 spiro atoms. The lowest BCUT2D eigenvalue weighted by Gasteiger charge is -2.18. The number of hydrogen-bond donors (Lipinski definition) is 0. The van der Waals surface area contributed by atoms with Crippen molar-refractivity contribution in [1.82, 2.24) is 10.1 Å². The number of rotatable bonds is 5. The van der Waals surface area contributed by atoms with Gasteiger partial charge in [-0.1, -0.05) is 5.16 Å². The second kappa shape index (κ2) is 7.06. The third-order valence-corrected chi connectivity index (χ3v) is 6.36. The molecule has 0 aliphatic carbocycles. The van der Waals surface area contributed by atoms with E-state index in [1.54, 1.807) is 31.8 Å². The average Bonchev–Trinajstić information content (AvgIpc) is 3.15. The van der Waals surface area contributed by atoms with Crippen LogP contribution in [0.3, 0.4) is 0 Å². The molecule has 2 aromatic heterocycles. The van der Waals surface area contributed by atoms with Gasteiger partial charge in [0.1, 0.15) is 11.5 Å². The molecule has 1 atom stereocenters. The van der Waals surface area contributed by atoms with E-state index in [2.05, 4.69) is 10.1 Å². The molecule has 0 amide bonds. The van der Waals surface area contributed by atoms with E-state index in [4.69, 9.17) is 14.0 Å². The van der Waals surface area contributed by atoms with E-state index in [1.807, 2.05) is 30.3 Å². The van der Waals surface area contributed by atoms with Crippen molar-refractivity contribution >= 4 is 33.4 Å². The summed E-state index contributed by atoms with van der Waals surface area (Å²) in [6, 6.07) is 3.91. The second-order valence-electron chi connectivity index (χ2n) is 6.58. The van der Waals surface area contributed by atoms with Crippen molar-refractivity contribution in [1.29, 1.82) is 0 Å². The Bertz CT molecular complexity index is 1060. The van der Waals surface area contributed by atoms with Gasteiger partial charge in [-0.15, -0.1) is 0 Å². The number of methoxy groups -OCH3 is 2. The molecular formula is C19H22N4O4S. The van der Waals surface area contributed by atoms with Crippen LogP contribution >= 0.6 is 0 Å². The van der Waals surface area contributed by atoms with Crippen molar-refractivity contribution in [3.05, 3.63) is 29.8 Å². The van der Waals surface area contributed by atoms with Crippen molar-refractivity contribution in [2.24, 2.45) is 0 Å². The number of benzene rings is 1. The van der Waals surface area contributed by atoms with Crippen LogP contribution in [0.15, 0.2) is 22.9 Å². The summed E-state index contributed by atoms with van der Waals surface area (Å²) in [4.78, 5) is 4.62. The topological polar surface area (TPSA) is 80.9 Å². The zero-order chi connectivity index (χ0) is 20.0. The van der Waals surface area contributed by atoms with Crippen molar-refractivity contribution in [3.63, 3.8) is 0 Å². The summed E-state index contributed by atoms with van der Waals surface area (Å²) >= 11 is -1.33. The summed E-state index contributed by atoms with van der Waals surface area (Å²) < 4.78 is 32.6. The van der Waals surface area contributed by atoms with Crippen molar-refractivity contribution in [3.8, 4) is 16.9 Å². The van der Waals surface area contributed by atoms with Crippen LogP contribution < -0.4 is 13.3 Å². The molecule has 0 saturated carbocycles. The Morgan fingerprint density at radius 2 is 2.04 bits per heavy atom. The quantitative estimate of drug-likeness (QED) is 0.653. The largest absolute Gasteiger partial charge is 0.496 e. The first-order valence-corrected chi connectivity index (χ1v) is 9.90. The highest BCUT2D eigenvalue weighted by Gasteiger charge is 2.33. The van der Waals surface area contributed by atoms with Gasteiger partial charge in [-0.2, -0.15) is 0 Å². The molecule has 0 fully saturated rings. The maximum absolute atomic E-state index is 12.8. The summed E-state index contributed by atoms with van der Waals surface area (Å²) in [6.07, 6.45) is 1.76. The Morgan fingerprint density at radius 3 is 2.68 bits per heavy atom. The molecule has 3 heterocycles. The fourth-order valence-electron chi connectivity index (χ4n) is 3.59. The molecule has 1 aliphatic heterocycles. The van der Waals surface area contributed by atoms with E-state index in [0.717, 1.165) is 44.9 Å². The number of pyridine rings is 1. The van der Waals surface area contributed by atoms with Crippen LogP contribution in [0.2, 0.25) is 0 Å². The van der Waals surface area contributed by atoms with E-state index in [0.29, 0.717) is 18.9 Å². The minimum absolute atomic E-state index is 0.469. The molecule has 28 heavy (non-hydrogen) atoms. The number of ether oxygens (including phenoxy) is 2.